The number of rotatable bonds is 48. The molecular formula is C78H110F6N2O2S2. The molecule has 2 aromatic heterocycles. The van der Waals surface area contributed by atoms with Crippen LogP contribution in [0.25, 0.3) is 42.0 Å². The average molecular weight is 1290 g/mol. The maximum atomic E-state index is 13.7. The minimum absolute atomic E-state index is 0.383. The van der Waals surface area contributed by atoms with E-state index in [0.717, 1.165) is 108 Å². The van der Waals surface area contributed by atoms with Crippen molar-refractivity contribution >= 4 is 34.2 Å². The molecule has 0 aliphatic heterocycles. The molecule has 4 nitrogen and oxygen atoms in total. The molecule has 0 N–H and O–H groups in total. The van der Waals surface area contributed by atoms with Crippen LogP contribution in [-0.2, 0) is 10.8 Å². The fourth-order valence-electron chi connectivity index (χ4n) is 14.7. The lowest BCUT2D eigenvalue weighted by Crippen LogP contribution is -2.28. The van der Waals surface area contributed by atoms with Crippen LogP contribution in [0.1, 0.15) is 353 Å². The summed E-state index contributed by atoms with van der Waals surface area (Å²) in [7, 11) is 0. The van der Waals surface area contributed by atoms with Crippen molar-refractivity contribution in [3.63, 3.8) is 0 Å². The maximum absolute atomic E-state index is 13.7. The van der Waals surface area contributed by atoms with Gasteiger partial charge in [0.2, 0.25) is 0 Å². The number of ketones is 2. The lowest BCUT2D eigenvalue weighted by Gasteiger charge is -2.33. The molecule has 2 aliphatic carbocycles. The Labute approximate surface area is 546 Å². The number of hydrogen-bond acceptors (Lipinski definition) is 6. The van der Waals surface area contributed by atoms with Crippen LogP contribution in [-0.4, -0.2) is 33.9 Å². The molecule has 498 valence electrons. The smallest absolute Gasteiger partial charge is 0.284 e. The van der Waals surface area contributed by atoms with Gasteiger partial charge in [-0.2, -0.15) is 26.3 Å². The zero-order chi connectivity index (χ0) is 64.2. The van der Waals surface area contributed by atoms with Gasteiger partial charge in [0.05, 0.1) is 21.1 Å². The zero-order valence-electron chi connectivity index (χ0n) is 55.7. The summed E-state index contributed by atoms with van der Waals surface area (Å²) in [4.78, 5) is 38.5. The van der Waals surface area contributed by atoms with E-state index in [1.54, 1.807) is 46.9 Å². The summed E-state index contributed by atoms with van der Waals surface area (Å²) < 4.78 is 82.3. The van der Waals surface area contributed by atoms with Gasteiger partial charge in [0.15, 0.2) is 0 Å². The lowest BCUT2D eigenvalue weighted by atomic mass is 9.70. The van der Waals surface area contributed by atoms with Crippen LogP contribution in [0, 0.1) is 0 Å². The Kier molecular flexibility index (Phi) is 30.7. The number of thiazole rings is 2. The molecule has 0 spiro atoms. The van der Waals surface area contributed by atoms with Crippen molar-refractivity contribution in [2.75, 3.05) is 0 Å². The van der Waals surface area contributed by atoms with Gasteiger partial charge in [-0.05, 0) is 60.1 Å². The molecule has 3 aromatic carbocycles. The highest BCUT2D eigenvalue weighted by Gasteiger charge is 2.51. The van der Waals surface area contributed by atoms with Crippen LogP contribution in [0.5, 0.6) is 0 Å². The summed E-state index contributed by atoms with van der Waals surface area (Å²) in [5.74, 6) is -3.70. The highest BCUT2D eigenvalue weighted by atomic mass is 32.1. The van der Waals surface area contributed by atoms with E-state index in [2.05, 4.69) is 39.8 Å². The van der Waals surface area contributed by atoms with E-state index in [1.807, 2.05) is 0 Å². The second-order valence-corrected chi connectivity index (χ2v) is 29.0. The van der Waals surface area contributed by atoms with Crippen molar-refractivity contribution in [1.29, 1.82) is 0 Å². The Morgan fingerprint density at radius 3 is 0.789 bits per heavy atom. The van der Waals surface area contributed by atoms with E-state index in [-0.39, 0.29) is 11.1 Å². The minimum Gasteiger partial charge on any atom is -0.284 e. The van der Waals surface area contributed by atoms with Crippen molar-refractivity contribution in [1.82, 2.24) is 9.97 Å². The minimum atomic E-state index is -4.97. The SMILES string of the molecule is CCCCCCCCCCCCC1(CCCCCCCCCCCC)c2cc3c(cc2-c2sc(-c4ccc(C(=O)C(F)(F)F)cc4)nc21)C(CCCCCCCCCCCC)(CCCCCCCCCCCC)c1nc(-c2ccc(C(=O)C(F)(F)F)cc2)sc1-3. The van der Waals surface area contributed by atoms with Crippen LogP contribution in [0.4, 0.5) is 26.3 Å². The quantitative estimate of drug-likeness (QED) is 0.0221. The molecule has 7 rings (SSSR count). The second-order valence-electron chi connectivity index (χ2n) is 27.0. The van der Waals surface area contributed by atoms with Crippen LogP contribution < -0.4 is 0 Å². The molecule has 0 fully saturated rings. The highest BCUT2D eigenvalue weighted by molar-refractivity contribution is 7.19. The molecule has 0 amide bonds. The van der Waals surface area contributed by atoms with E-state index >= 15 is 0 Å². The third-order valence-corrected chi connectivity index (χ3v) is 22.2. The van der Waals surface area contributed by atoms with Crippen molar-refractivity contribution in [2.24, 2.45) is 0 Å². The number of benzene rings is 3. The summed E-state index contributed by atoms with van der Waals surface area (Å²) in [6, 6.07) is 16.8. The monoisotopic (exact) mass is 1280 g/mol. The van der Waals surface area contributed by atoms with Gasteiger partial charge in [-0.3, -0.25) is 9.59 Å². The third-order valence-electron chi connectivity index (χ3n) is 20.0. The summed E-state index contributed by atoms with van der Waals surface area (Å²) in [5, 5.41) is 1.51. The molecule has 0 bridgehead atoms. The van der Waals surface area contributed by atoms with E-state index in [4.69, 9.17) is 9.97 Å². The third kappa shape index (κ3) is 20.4. The maximum Gasteiger partial charge on any atom is 0.454 e. The van der Waals surface area contributed by atoms with Crippen molar-refractivity contribution in [2.45, 2.75) is 333 Å². The number of carbonyl (C=O) groups is 2. The molecule has 12 heteroatoms. The van der Waals surface area contributed by atoms with Gasteiger partial charge < -0.3 is 0 Å². The first-order chi connectivity index (χ1) is 43.6. The van der Waals surface area contributed by atoms with E-state index in [1.165, 1.54) is 252 Å². The largest absolute Gasteiger partial charge is 0.454 e. The Morgan fingerprint density at radius 1 is 0.344 bits per heavy atom. The predicted molar refractivity (Wildman–Crippen MR) is 368 cm³/mol. The van der Waals surface area contributed by atoms with Crippen molar-refractivity contribution in [3.05, 3.63) is 94.3 Å². The van der Waals surface area contributed by atoms with Gasteiger partial charge >= 0.3 is 12.4 Å². The molecule has 5 aromatic rings. The van der Waals surface area contributed by atoms with E-state index < -0.39 is 34.7 Å². The first-order valence-electron chi connectivity index (χ1n) is 36.3. The van der Waals surface area contributed by atoms with Gasteiger partial charge in [0, 0.05) is 33.1 Å². The van der Waals surface area contributed by atoms with Crippen LogP contribution >= 0.6 is 22.7 Å². The number of fused-ring (bicyclic) bond motifs is 6. The standard InChI is InChI=1S/C78H110F6N2O2S2/c1-5-9-13-17-21-25-29-33-37-41-53-75(54-42-38-34-30-26-22-18-14-10-6-2)65-57-64-66(58-63(65)67-69(75)85-73(89-67)61-49-45-59(46-50-61)71(87)77(79,80)81)76(55-43-39-35-31-27-23-19-15-11-7-3,56-44-40-36-32-28-24-20-16-12-8-4)70-68(64)90-74(86-70)62-51-47-60(48-52-62)72(88)78(82,83)84/h45-52,57-58H,5-44,53-56H2,1-4H3. The topological polar surface area (TPSA) is 59.9 Å². The Morgan fingerprint density at radius 2 is 0.567 bits per heavy atom. The Hall–Kier alpha value is -4.16. The van der Waals surface area contributed by atoms with Crippen LogP contribution in [0.2, 0.25) is 0 Å². The van der Waals surface area contributed by atoms with E-state index in [9.17, 15) is 35.9 Å². The summed E-state index contributed by atoms with van der Waals surface area (Å²) >= 11 is 3.27. The second kappa shape index (κ2) is 37.7. The van der Waals surface area contributed by atoms with E-state index in [0.29, 0.717) is 11.1 Å². The summed E-state index contributed by atoms with van der Waals surface area (Å²) in [6.45, 7) is 9.05. The molecule has 0 saturated heterocycles. The van der Waals surface area contributed by atoms with Crippen LogP contribution in [0.3, 0.4) is 0 Å². The van der Waals surface area contributed by atoms with Crippen molar-refractivity contribution < 1.29 is 35.9 Å². The first kappa shape index (κ1) is 73.3. The molecule has 0 unspecified atom stereocenters. The molecule has 90 heavy (non-hydrogen) atoms. The summed E-state index contributed by atoms with van der Waals surface area (Å²) in [5.41, 5.74) is 7.00. The number of aromatic nitrogens is 2. The van der Waals surface area contributed by atoms with Crippen LogP contribution in [0.15, 0.2) is 60.7 Å². The molecular weight excluding hydrogens is 1170 g/mol. The number of nitrogens with zero attached hydrogens (tertiary/aromatic N) is 2. The molecule has 0 atom stereocenters. The lowest BCUT2D eigenvalue weighted by molar-refractivity contribution is -0.0888. The number of alkyl halides is 6. The van der Waals surface area contributed by atoms with Gasteiger partial charge in [-0.15, -0.1) is 22.7 Å². The summed E-state index contributed by atoms with van der Waals surface area (Å²) in [6.07, 6.45) is 42.7. The normalized spacial score (nSPS) is 13.9. The van der Waals surface area contributed by atoms with Gasteiger partial charge in [0.1, 0.15) is 10.0 Å². The number of unbranched alkanes of at least 4 members (excludes halogenated alkanes) is 36. The highest BCUT2D eigenvalue weighted by Crippen LogP contribution is 2.63. The fourth-order valence-corrected chi connectivity index (χ4v) is 17.1. The predicted octanol–water partition coefficient (Wildman–Crippen LogP) is 27.2. The molecule has 2 aliphatic rings. The average Bonchev–Trinajstić information content (AvgIpc) is 1.53. The van der Waals surface area contributed by atoms with Gasteiger partial charge in [-0.1, -0.05) is 333 Å². The van der Waals surface area contributed by atoms with Gasteiger partial charge in [0.25, 0.3) is 11.6 Å². The Bertz CT molecular complexity index is 2660. The number of halogens is 6. The number of carbonyl (C=O) groups excluding carboxylic acids is 2. The molecule has 0 saturated carbocycles. The molecule has 0 radical (unpaired) electrons. The number of Topliss-reactive ketones (excluding diaryl/α,β-unsaturated/α-hetero) is 2. The van der Waals surface area contributed by atoms with Crippen molar-refractivity contribution in [3.8, 4) is 42.0 Å². The zero-order valence-corrected chi connectivity index (χ0v) is 57.3. The Balaban J connectivity index is 1.33. The first-order valence-corrected chi connectivity index (χ1v) is 37.9. The van der Waals surface area contributed by atoms with Gasteiger partial charge in [-0.25, -0.2) is 9.97 Å². The fraction of sp³-hybridized carbons (Fsp3) is 0.667. The molecule has 2 heterocycles. The number of hydrogen-bond donors (Lipinski definition) is 0.